The highest BCUT2D eigenvalue weighted by Gasteiger charge is 2.13. The number of halogens is 2. The van der Waals surface area contributed by atoms with Gasteiger partial charge in [0.15, 0.2) is 11.6 Å². The average molecular weight is 262 g/mol. The van der Waals surface area contributed by atoms with Crippen molar-refractivity contribution >= 4 is 0 Å². The third-order valence-corrected chi connectivity index (χ3v) is 3.08. The molecule has 2 atom stereocenters. The predicted molar refractivity (Wildman–Crippen MR) is 70.6 cm³/mol. The van der Waals surface area contributed by atoms with Gasteiger partial charge in [-0.05, 0) is 43.7 Å². The highest BCUT2D eigenvalue weighted by molar-refractivity contribution is 5.21. The third kappa shape index (κ3) is 3.35. The Balaban J connectivity index is 2.08. The smallest absolute Gasteiger partial charge is 0.159 e. The lowest BCUT2D eigenvalue weighted by Gasteiger charge is -2.20. The van der Waals surface area contributed by atoms with Crippen LogP contribution >= 0.6 is 0 Å². The Morgan fingerprint density at radius 2 is 1.79 bits per heavy atom. The van der Waals surface area contributed by atoms with Crippen LogP contribution in [0, 0.1) is 11.6 Å². The van der Waals surface area contributed by atoms with Crippen LogP contribution < -0.4 is 5.32 Å². The number of pyridine rings is 1. The molecule has 2 rings (SSSR count). The van der Waals surface area contributed by atoms with Crippen LogP contribution in [-0.2, 0) is 0 Å². The van der Waals surface area contributed by atoms with Crippen molar-refractivity contribution < 1.29 is 8.78 Å². The molecule has 0 aliphatic rings. The highest BCUT2D eigenvalue weighted by Crippen LogP contribution is 2.19. The number of rotatable bonds is 4. The molecule has 0 aliphatic heterocycles. The number of nitrogens with zero attached hydrogens (tertiary/aromatic N) is 1. The third-order valence-electron chi connectivity index (χ3n) is 3.08. The fraction of sp³-hybridized carbons (Fsp3) is 0.267. The summed E-state index contributed by atoms with van der Waals surface area (Å²) < 4.78 is 26.1. The van der Waals surface area contributed by atoms with Gasteiger partial charge in [-0.25, -0.2) is 8.78 Å². The monoisotopic (exact) mass is 262 g/mol. The van der Waals surface area contributed by atoms with E-state index >= 15 is 0 Å². The standard InChI is InChI=1S/C15H16F2N2/c1-10(12-6-7-13(16)14(17)9-12)19-11(2)15-5-3-4-8-18-15/h3-11,19H,1-2H3. The van der Waals surface area contributed by atoms with E-state index in [-0.39, 0.29) is 12.1 Å². The molecule has 1 aromatic carbocycles. The molecule has 0 spiro atoms. The second-order valence-electron chi connectivity index (χ2n) is 4.54. The van der Waals surface area contributed by atoms with Crippen LogP contribution in [0.5, 0.6) is 0 Å². The number of benzene rings is 1. The van der Waals surface area contributed by atoms with Gasteiger partial charge in [0.05, 0.1) is 5.69 Å². The van der Waals surface area contributed by atoms with Crippen molar-refractivity contribution in [3.63, 3.8) is 0 Å². The molecule has 0 saturated carbocycles. The number of hydrogen-bond acceptors (Lipinski definition) is 2. The Kier molecular flexibility index (Phi) is 4.22. The highest BCUT2D eigenvalue weighted by atomic mass is 19.2. The maximum Gasteiger partial charge on any atom is 0.159 e. The maximum atomic E-state index is 13.2. The molecule has 4 heteroatoms. The van der Waals surface area contributed by atoms with Gasteiger partial charge in [-0.1, -0.05) is 12.1 Å². The van der Waals surface area contributed by atoms with Gasteiger partial charge in [0.2, 0.25) is 0 Å². The molecule has 2 nitrogen and oxygen atoms in total. The molecule has 1 N–H and O–H groups in total. The number of hydrogen-bond donors (Lipinski definition) is 1. The summed E-state index contributed by atoms with van der Waals surface area (Å²) in [6.45, 7) is 3.89. The summed E-state index contributed by atoms with van der Waals surface area (Å²) in [5, 5.41) is 3.31. The Morgan fingerprint density at radius 3 is 2.42 bits per heavy atom. The van der Waals surface area contributed by atoms with Crippen molar-refractivity contribution in [3.8, 4) is 0 Å². The first kappa shape index (κ1) is 13.6. The SMILES string of the molecule is CC(NC(C)c1ccccn1)c1ccc(F)c(F)c1. The van der Waals surface area contributed by atoms with Crippen LogP contribution in [-0.4, -0.2) is 4.98 Å². The number of nitrogens with one attached hydrogen (secondary N) is 1. The topological polar surface area (TPSA) is 24.9 Å². The van der Waals surface area contributed by atoms with Gasteiger partial charge in [-0.2, -0.15) is 0 Å². The van der Waals surface area contributed by atoms with E-state index in [1.165, 1.54) is 6.07 Å². The summed E-state index contributed by atoms with van der Waals surface area (Å²) in [7, 11) is 0. The van der Waals surface area contributed by atoms with Crippen LogP contribution in [0.25, 0.3) is 0 Å². The van der Waals surface area contributed by atoms with E-state index in [0.29, 0.717) is 5.56 Å². The Hall–Kier alpha value is -1.81. The molecule has 0 fully saturated rings. The van der Waals surface area contributed by atoms with Crippen molar-refractivity contribution in [2.45, 2.75) is 25.9 Å². The van der Waals surface area contributed by atoms with E-state index in [9.17, 15) is 8.78 Å². The molecule has 2 unspecified atom stereocenters. The van der Waals surface area contributed by atoms with Gasteiger partial charge in [0, 0.05) is 18.3 Å². The molecule has 0 bridgehead atoms. The summed E-state index contributed by atoms with van der Waals surface area (Å²) in [6, 6.07) is 9.59. The minimum Gasteiger partial charge on any atom is -0.302 e. The molecule has 1 heterocycles. The van der Waals surface area contributed by atoms with Gasteiger partial charge in [-0.15, -0.1) is 0 Å². The van der Waals surface area contributed by atoms with E-state index in [0.717, 1.165) is 11.8 Å². The van der Waals surface area contributed by atoms with Crippen molar-refractivity contribution in [2.75, 3.05) is 0 Å². The van der Waals surface area contributed by atoms with Crippen LogP contribution in [0.4, 0.5) is 8.78 Å². The first-order valence-corrected chi connectivity index (χ1v) is 6.20. The van der Waals surface area contributed by atoms with E-state index < -0.39 is 11.6 Å². The van der Waals surface area contributed by atoms with Gasteiger partial charge < -0.3 is 5.32 Å². The summed E-state index contributed by atoms with van der Waals surface area (Å²) in [6.07, 6.45) is 1.73. The first-order valence-electron chi connectivity index (χ1n) is 6.20. The average Bonchev–Trinajstić information content (AvgIpc) is 2.42. The largest absolute Gasteiger partial charge is 0.302 e. The summed E-state index contributed by atoms with van der Waals surface area (Å²) >= 11 is 0. The van der Waals surface area contributed by atoms with E-state index in [1.807, 2.05) is 32.0 Å². The summed E-state index contributed by atoms with van der Waals surface area (Å²) in [5.41, 5.74) is 1.62. The Labute approximate surface area is 111 Å². The summed E-state index contributed by atoms with van der Waals surface area (Å²) in [4.78, 5) is 4.26. The first-order chi connectivity index (χ1) is 9.08. The van der Waals surface area contributed by atoms with Crippen molar-refractivity contribution in [1.82, 2.24) is 10.3 Å². The zero-order valence-electron chi connectivity index (χ0n) is 10.9. The van der Waals surface area contributed by atoms with Crippen molar-refractivity contribution in [3.05, 3.63) is 65.5 Å². The molecule has 0 aliphatic carbocycles. The normalized spacial score (nSPS) is 14.1. The maximum absolute atomic E-state index is 13.2. The van der Waals surface area contributed by atoms with Crippen molar-refractivity contribution in [1.29, 1.82) is 0 Å². The number of aromatic nitrogens is 1. The van der Waals surface area contributed by atoms with Crippen LogP contribution in [0.3, 0.4) is 0 Å². The molecular weight excluding hydrogens is 246 g/mol. The van der Waals surface area contributed by atoms with Gasteiger partial charge in [0.25, 0.3) is 0 Å². The molecule has 1 aromatic heterocycles. The second-order valence-corrected chi connectivity index (χ2v) is 4.54. The van der Waals surface area contributed by atoms with E-state index in [2.05, 4.69) is 10.3 Å². The molecule has 0 amide bonds. The second kappa shape index (κ2) is 5.89. The zero-order chi connectivity index (χ0) is 13.8. The molecule has 100 valence electrons. The lowest BCUT2D eigenvalue weighted by Crippen LogP contribution is -2.23. The van der Waals surface area contributed by atoms with Crippen LogP contribution in [0.2, 0.25) is 0 Å². The molecular formula is C15H16F2N2. The fourth-order valence-corrected chi connectivity index (χ4v) is 1.97. The van der Waals surface area contributed by atoms with Gasteiger partial charge in [0.1, 0.15) is 0 Å². The summed E-state index contributed by atoms with van der Waals surface area (Å²) in [5.74, 6) is -1.65. The van der Waals surface area contributed by atoms with E-state index in [4.69, 9.17) is 0 Å². The zero-order valence-corrected chi connectivity index (χ0v) is 10.9. The van der Waals surface area contributed by atoms with Gasteiger partial charge in [-0.3, -0.25) is 4.98 Å². The lowest BCUT2D eigenvalue weighted by molar-refractivity contribution is 0.474. The molecule has 19 heavy (non-hydrogen) atoms. The minimum atomic E-state index is -0.825. The van der Waals surface area contributed by atoms with Gasteiger partial charge >= 0.3 is 0 Å². The quantitative estimate of drug-likeness (QED) is 0.907. The lowest BCUT2D eigenvalue weighted by atomic mass is 10.1. The predicted octanol–water partition coefficient (Wildman–Crippen LogP) is 3.77. The van der Waals surface area contributed by atoms with E-state index in [1.54, 1.807) is 12.3 Å². The van der Waals surface area contributed by atoms with Crippen LogP contribution in [0.1, 0.15) is 37.2 Å². The van der Waals surface area contributed by atoms with Crippen LogP contribution in [0.15, 0.2) is 42.6 Å². The Morgan fingerprint density at radius 1 is 1.00 bits per heavy atom. The molecule has 0 saturated heterocycles. The molecule has 2 aromatic rings. The minimum absolute atomic E-state index is 0.0318. The fourth-order valence-electron chi connectivity index (χ4n) is 1.97. The Bertz CT molecular complexity index is 543. The van der Waals surface area contributed by atoms with Crippen molar-refractivity contribution in [2.24, 2.45) is 0 Å². The molecule has 0 radical (unpaired) electrons.